The molecule has 212 valence electrons. The van der Waals surface area contributed by atoms with Gasteiger partial charge in [0.05, 0.1) is 5.56 Å². The van der Waals surface area contributed by atoms with Gasteiger partial charge in [-0.25, -0.2) is 19.7 Å². The number of carbonyl (C=O) groups is 1. The number of rotatable bonds is 10. The Balaban J connectivity index is 1.42. The van der Waals surface area contributed by atoms with Crippen molar-refractivity contribution in [3.05, 3.63) is 66.2 Å². The summed E-state index contributed by atoms with van der Waals surface area (Å²) in [5.41, 5.74) is 1.88. The molecule has 40 heavy (non-hydrogen) atoms. The van der Waals surface area contributed by atoms with Gasteiger partial charge >= 0.3 is 12.2 Å². The van der Waals surface area contributed by atoms with Crippen molar-refractivity contribution in [3.8, 4) is 5.69 Å². The molecule has 0 bridgehead atoms. The van der Waals surface area contributed by atoms with E-state index in [4.69, 9.17) is 0 Å². The van der Waals surface area contributed by atoms with Crippen LogP contribution < -0.4 is 16.0 Å². The molecule has 10 nitrogen and oxygen atoms in total. The van der Waals surface area contributed by atoms with Crippen molar-refractivity contribution in [3.63, 3.8) is 0 Å². The Bertz CT molecular complexity index is 1450. The van der Waals surface area contributed by atoms with Crippen LogP contribution in [0.5, 0.6) is 0 Å². The summed E-state index contributed by atoms with van der Waals surface area (Å²) in [6.45, 7) is 1.66. The summed E-state index contributed by atoms with van der Waals surface area (Å²) >= 11 is 0. The molecule has 0 fully saturated rings. The molecule has 0 aliphatic rings. The third-order valence-electron chi connectivity index (χ3n) is 6.23. The highest BCUT2D eigenvalue weighted by Crippen LogP contribution is 2.34. The van der Waals surface area contributed by atoms with Crippen LogP contribution in [-0.2, 0) is 12.7 Å². The SMILES string of the molecule is CNc1ncnc2c1ncn2-c1ccc(NC(=O)Nc2ccc(CN(C)CCCN(C)C)c(C(F)(F)F)c2)cc1. The van der Waals surface area contributed by atoms with Crippen molar-refractivity contribution < 1.29 is 18.0 Å². The number of amides is 2. The zero-order valence-corrected chi connectivity index (χ0v) is 22.8. The van der Waals surface area contributed by atoms with E-state index in [0.29, 0.717) is 29.2 Å². The number of nitrogens with zero attached hydrogens (tertiary/aromatic N) is 6. The third-order valence-corrected chi connectivity index (χ3v) is 6.23. The molecule has 2 aromatic carbocycles. The summed E-state index contributed by atoms with van der Waals surface area (Å²) in [6.07, 6.45) is -0.650. The van der Waals surface area contributed by atoms with Crippen molar-refractivity contribution in [1.29, 1.82) is 0 Å². The summed E-state index contributed by atoms with van der Waals surface area (Å²) in [6, 6.07) is 10.1. The minimum absolute atomic E-state index is 0.0466. The molecule has 0 atom stereocenters. The first-order valence-corrected chi connectivity index (χ1v) is 12.6. The predicted octanol–water partition coefficient (Wildman–Crippen LogP) is 4.90. The van der Waals surface area contributed by atoms with Gasteiger partial charge in [0.1, 0.15) is 12.7 Å². The monoisotopic (exact) mass is 555 g/mol. The Labute approximate surface area is 230 Å². The summed E-state index contributed by atoms with van der Waals surface area (Å²) in [4.78, 5) is 29.3. The fraction of sp³-hybridized carbons (Fsp3) is 0.333. The van der Waals surface area contributed by atoms with Crippen LogP contribution in [0, 0.1) is 0 Å². The van der Waals surface area contributed by atoms with Gasteiger partial charge in [-0.15, -0.1) is 0 Å². The van der Waals surface area contributed by atoms with E-state index in [9.17, 15) is 18.0 Å². The molecule has 2 aromatic heterocycles. The lowest BCUT2D eigenvalue weighted by Crippen LogP contribution is -2.25. The molecule has 0 saturated heterocycles. The number of imidazole rings is 1. The van der Waals surface area contributed by atoms with Crippen molar-refractivity contribution in [2.24, 2.45) is 0 Å². The first-order valence-electron chi connectivity index (χ1n) is 12.6. The van der Waals surface area contributed by atoms with Crippen molar-refractivity contribution >= 4 is 34.4 Å². The van der Waals surface area contributed by atoms with Crippen molar-refractivity contribution in [2.45, 2.75) is 19.1 Å². The molecule has 0 radical (unpaired) electrons. The Morgan fingerprint density at radius 1 is 0.950 bits per heavy atom. The molecule has 13 heteroatoms. The molecule has 0 aliphatic heterocycles. The summed E-state index contributed by atoms with van der Waals surface area (Å²) in [5, 5.41) is 8.12. The lowest BCUT2D eigenvalue weighted by atomic mass is 10.1. The van der Waals surface area contributed by atoms with E-state index in [-0.39, 0.29) is 17.8 Å². The van der Waals surface area contributed by atoms with Crippen LogP contribution in [-0.4, -0.2) is 76.6 Å². The topological polar surface area (TPSA) is 103 Å². The molecule has 2 heterocycles. The number of fused-ring (bicyclic) bond motifs is 1. The summed E-state index contributed by atoms with van der Waals surface area (Å²) in [5.74, 6) is 0.604. The lowest BCUT2D eigenvalue weighted by molar-refractivity contribution is -0.138. The van der Waals surface area contributed by atoms with Gasteiger partial charge in [0.15, 0.2) is 17.0 Å². The first-order chi connectivity index (χ1) is 19.0. The van der Waals surface area contributed by atoms with E-state index >= 15 is 0 Å². The lowest BCUT2D eigenvalue weighted by Gasteiger charge is -2.21. The second-order valence-electron chi connectivity index (χ2n) is 9.65. The number of halogens is 3. The fourth-order valence-electron chi connectivity index (χ4n) is 4.29. The number of alkyl halides is 3. The zero-order valence-electron chi connectivity index (χ0n) is 22.8. The van der Waals surface area contributed by atoms with Crippen LogP contribution in [0.15, 0.2) is 55.1 Å². The molecule has 4 rings (SSSR count). The van der Waals surface area contributed by atoms with E-state index in [1.54, 1.807) is 49.3 Å². The number of hydrogen-bond donors (Lipinski definition) is 3. The Morgan fingerprint density at radius 2 is 1.65 bits per heavy atom. The van der Waals surface area contributed by atoms with E-state index in [1.165, 1.54) is 18.5 Å². The van der Waals surface area contributed by atoms with Crippen LogP contribution in [0.4, 0.5) is 35.2 Å². The maximum Gasteiger partial charge on any atom is 0.416 e. The third kappa shape index (κ3) is 7.04. The highest BCUT2D eigenvalue weighted by molar-refractivity contribution is 5.99. The van der Waals surface area contributed by atoms with Gasteiger partial charge in [-0.1, -0.05) is 6.07 Å². The molecule has 0 spiro atoms. The number of urea groups is 1. The number of nitrogens with one attached hydrogen (secondary N) is 3. The van der Waals surface area contributed by atoms with Crippen LogP contribution >= 0.6 is 0 Å². The number of benzene rings is 2. The van der Waals surface area contributed by atoms with Crippen LogP contribution in [0.2, 0.25) is 0 Å². The molecule has 0 unspecified atom stereocenters. The minimum atomic E-state index is -4.56. The highest BCUT2D eigenvalue weighted by Gasteiger charge is 2.34. The molecular formula is C27H32F3N9O. The van der Waals surface area contributed by atoms with Gasteiger partial charge < -0.3 is 25.8 Å². The Hall–Kier alpha value is -4.23. The number of anilines is 3. The minimum Gasteiger partial charge on any atom is -0.371 e. The zero-order chi connectivity index (χ0) is 28.9. The predicted molar refractivity (Wildman–Crippen MR) is 150 cm³/mol. The molecule has 2 amide bonds. The Kier molecular flexibility index (Phi) is 8.85. The van der Waals surface area contributed by atoms with Gasteiger partial charge in [-0.05, 0) is 82.6 Å². The summed E-state index contributed by atoms with van der Waals surface area (Å²) in [7, 11) is 7.45. The number of hydrogen-bond acceptors (Lipinski definition) is 7. The smallest absolute Gasteiger partial charge is 0.371 e. The average Bonchev–Trinajstić information content (AvgIpc) is 3.33. The van der Waals surface area contributed by atoms with Gasteiger partial charge in [0, 0.05) is 30.7 Å². The number of carbonyl (C=O) groups excluding carboxylic acids is 1. The van der Waals surface area contributed by atoms with Gasteiger partial charge in [0.2, 0.25) is 0 Å². The van der Waals surface area contributed by atoms with Crippen molar-refractivity contribution in [1.82, 2.24) is 29.3 Å². The molecule has 0 aliphatic carbocycles. The van der Waals surface area contributed by atoms with Crippen molar-refractivity contribution in [2.75, 3.05) is 57.2 Å². The Morgan fingerprint density at radius 3 is 2.33 bits per heavy atom. The average molecular weight is 556 g/mol. The highest BCUT2D eigenvalue weighted by atomic mass is 19.4. The van der Waals surface area contributed by atoms with Gasteiger partial charge in [-0.2, -0.15) is 13.2 Å². The van der Waals surface area contributed by atoms with E-state index in [2.05, 4.69) is 30.9 Å². The number of aromatic nitrogens is 4. The first kappa shape index (κ1) is 28.8. The maximum absolute atomic E-state index is 13.8. The van der Waals surface area contributed by atoms with Gasteiger partial charge in [-0.3, -0.25) is 4.57 Å². The van der Waals surface area contributed by atoms with Crippen LogP contribution in [0.25, 0.3) is 16.9 Å². The molecular weight excluding hydrogens is 523 g/mol. The molecule has 0 saturated carbocycles. The van der Waals surface area contributed by atoms with Crippen LogP contribution in [0.1, 0.15) is 17.5 Å². The molecule has 3 N–H and O–H groups in total. The molecule has 4 aromatic rings. The summed E-state index contributed by atoms with van der Waals surface area (Å²) < 4.78 is 43.3. The largest absolute Gasteiger partial charge is 0.416 e. The second-order valence-corrected chi connectivity index (χ2v) is 9.65. The van der Waals surface area contributed by atoms with E-state index in [1.807, 2.05) is 23.9 Å². The standard InChI is InChI=1S/C27H32F3N9O/c1-31-24-23-25(33-16-32-24)39(17-34-23)21-10-8-19(9-11-21)35-26(40)36-20-7-6-18(22(14-20)27(28,29)30)15-38(4)13-5-12-37(2)3/h6-11,14,16-17H,5,12-13,15H2,1-4H3,(H,31,32,33)(H2,35,36,40). The van der Waals surface area contributed by atoms with Gasteiger partial charge in [0.25, 0.3) is 0 Å². The van der Waals surface area contributed by atoms with E-state index in [0.717, 1.165) is 24.7 Å². The normalized spacial score (nSPS) is 11.8. The second kappa shape index (κ2) is 12.3. The maximum atomic E-state index is 13.8. The quantitative estimate of drug-likeness (QED) is 0.256. The fourth-order valence-corrected chi connectivity index (χ4v) is 4.29. The van der Waals surface area contributed by atoms with E-state index < -0.39 is 17.8 Å². The van der Waals surface area contributed by atoms with Crippen LogP contribution in [0.3, 0.4) is 0 Å².